The predicted molar refractivity (Wildman–Crippen MR) is 84.9 cm³/mol. The van der Waals surface area contributed by atoms with Crippen LogP contribution in [0.4, 0.5) is 0 Å². The molecule has 0 aliphatic rings. The highest BCUT2D eigenvalue weighted by Gasteiger charge is 2.08. The lowest BCUT2D eigenvalue weighted by Gasteiger charge is -2.21. The molecule has 0 aromatic heterocycles. The monoisotopic (exact) mass is 286 g/mol. The number of likely N-dealkylation sites (N-methyl/N-ethyl adjacent to an activating group) is 2. The van der Waals surface area contributed by atoms with Crippen LogP contribution < -0.4 is 0 Å². The van der Waals surface area contributed by atoms with Gasteiger partial charge in [0.05, 0.1) is 13.2 Å². The topological polar surface area (TPSA) is 32.8 Å². The maximum atomic E-state index is 11.8. The number of carbonyl (C=O) groups excluding carboxylic acids is 1. The molecule has 0 heterocycles. The van der Waals surface area contributed by atoms with E-state index >= 15 is 0 Å². The van der Waals surface area contributed by atoms with Gasteiger partial charge >= 0.3 is 0 Å². The largest absolute Gasteiger partial charge is 0.378 e. The molecule has 0 aliphatic heterocycles. The normalized spacial score (nSPS) is 11.7. The Hall–Kier alpha value is -0.610. The molecule has 1 amide bonds. The molecular formula is C16H34N2O2. The van der Waals surface area contributed by atoms with Crippen LogP contribution in [0, 0.1) is 5.92 Å². The second-order valence-corrected chi connectivity index (χ2v) is 6.29. The van der Waals surface area contributed by atoms with E-state index in [9.17, 15) is 4.79 Å². The molecule has 0 aliphatic carbocycles. The minimum atomic E-state index is 0.230. The number of ether oxygens (including phenoxy) is 1. The average Bonchev–Trinajstić information content (AvgIpc) is 2.36. The van der Waals surface area contributed by atoms with Crippen molar-refractivity contribution in [3.05, 3.63) is 0 Å². The summed E-state index contributed by atoms with van der Waals surface area (Å²) in [6.45, 7) is 11.7. The van der Waals surface area contributed by atoms with Crippen molar-refractivity contribution >= 4 is 5.91 Å². The molecule has 0 bridgehead atoms. The molecule has 120 valence electrons. The van der Waals surface area contributed by atoms with Crippen LogP contribution in [0.1, 0.15) is 47.0 Å². The van der Waals surface area contributed by atoms with Crippen molar-refractivity contribution in [2.75, 3.05) is 40.4 Å². The Kier molecular flexibility index (Phi) is 10.8. The van der Waals surface area contributed by atoms with Crippen LogP contribution in [0.15, 0.2) is 0 Å². The third kappa shape index (κ3) is 10.2. The summed E-state index contributed by atoms with van der Waals surface area (Å²) in [5.41, 5.74) is 0. The molecule has 0 rings (SSSR count). The van der Waals surface area contributed by atoms with Gasteiger partial charge in [-0.2, -0.15) is 0 Å². The van der Waals surface area contributed by atoms with Crippen molar-refractivity contribution < 1.29 is 9.53 Å². The fourth-order valence-corrected chi connectivity index (χ4v) is 1.75. The number of hydrogen-bond acceptors (Lipinski definition) is 3. The summed E-state index contributed by atoms with van der Waals surface area (Å²) in [6.07, 6.45) is 2.77. The standard InChI is InChI=1S/C16H34N2O2/c1-14(2)8-7-9-16(19)18(6)11-13-20-12-10-17(5)15(3)4/h14-15H,7-13H2,1-6H3. The maximum Gasteiger partial charge on any atom is 0.222 e. The van der Waals surface area contributed by atoms with Crippen LogP contribution in [-0.2, 0) is 9.53 Å². The third-order valence-corrected chi connectivity index (χ3v) is 3.64. The first-order chi connectivity index (χ1) is 9.34. The summed E-state index contributed by atoms with van der Waals surface area (Å²) in [5.74, 6) is 0.905. The predicted octanol–water partition coefficient (Wildman–Crippen LogP) is 2.63. The van der Waals surface area contributed by atoms with Gasteiger partial charge in [-0.25, -0.2) is 0 Å². The Balaban J connectivity index is 3.57. The molecule has 0 radical (unpaired) electrons. The molecule has 4 nitrogen and oxygen atoms in total. The van der Waals surface area contributed by atoms with Crippen LogP contribution in [-0.4, -0.2) is 62.1 Å². The Morgan fingerprint density at radius 1 is 1.05 bits per heavy atom. The second kappa shape index (κ2) is 11.1. The summed E-state index contributed by atoms with van der Waals surface area (Å²) >= 11 is 0. The Bertz CT molecular complexity index is 255. The van der Waals surface area contributed by atoms with Gasteiger partial charge < -0.3 is 14.5 Å². The first-order valence-electron chi connectivity index (χ1n) is 7.86. The first-order valence-corrected chi connectivity index (χ1v) is 7.86. The van der Waals surface area contributed by atoms with Gasteiger partial charge in [-0.15, -0.1) is 0 Å². The molecule has 0 saturated carbocycles. The van der Waals surface area contributed by atoms with Crippen LogP contribution in [0.3, 0.4) is 0 Å². The van der Waals surface area contributed by atoms with Gasteiger partial charge in [-0.3, -0.25) is 4.79 Å². The van der Waals surface area contributed by atoms with Crippen molar-refractivity contribution in [1.82, 2.24) is 9.80 Å². The van der Waals surface area contributed by atoms with Crippen LogP contribution >= 0.6 is 0 Å². The van der Waals surface area contributed by atoms with E-state index in [2.05, 4.69) is 39.6 Å². The quantitative estimate of drug-likeness (QED) is 0.547. The van der Waals surface area contributed by atoms with Crippen LogP contribution in [0.2, 0.25) is 0 Å². The molecule has 4 heteroatoms. The highest BCUT2D eigenvalue weighted by Crippen LogP contribution is 2.07. The van der Waals surface area contributed by atoms with E-state index in [1.807, 2.05) is 7.05 Å². The number of amides is 1. The van der Waals surface area contributed by atoms with Gasteiger partial charge in [0.25, 0.3) is 0 Å². The van der Waals surface area contributed by atoms with E-state index in [-0.39, 0.29) is 5.91 Å². The van der Waals surface area contributed by atoms with Gasteiger partial charge in [-0.05, 0) is 33.2 Å². The van der Waals surface area contributed by atoms with Gasteiger partial charge in [0.2, 0.25) is 5.91 Å². The van der Waals surface area contributed by atoms with E-state index in [0.717, 1.165) is 26.0 Å². The van der Waals surface area contributed by atoms with Crippen molar-refractivity contribution in [2.24, 2.45) is 5.92 Å². The minimum Gasteiger partial charge on any atom is -0.378 e. The molecule has 20 heavy (non-hydrogen) atoms. The fraction of sp³-hybridized carbons (Fsp3) is 0.938. The number of rotatable bonds is 11. The Morgan fingerprint density at radius 2 is 1.65 bits per heavy atom. The molecule has 0 unspecified atom stereocenters. The lowest BCUT2D eigenvalue weighted by Crippen LogP contribution is -2.32. The van der Waals surface area contributed by atoms with E-state index in [0.29, 0.717) is 31.5 Å². The fourth-order valence-electron chi connectivity index (χ4n) is 1.75. The summed E-state index contributed by atoms with van der Waals surface area (Å²) in [7, 11) is 3.96. The highest BCUT2D eigenvalue weighted by molar-refractivity contribution is 5.75. The highest BCUT2D eigenvalue weighted by atomic mass is 16.5. The molecule has 0 fully saturated rings. The van der Waals surface area contributed by atoms with Crippen LogP contribution in [0.25, 0.3) is 0 Å². The van der Waals surface area contributed by atoms with E-state index in [1.165, 1.54) is 0 Å². The SMILES string of the molecule is CC(C)CCCC(=O)N(C)CCOCCN(C)C(C)C. The van der Waals surface area contributed by atoms with Crippen molar-refractivity contribution in [3.8, 4) is 0 Å². The second-order valence-electron chi connectivity index (χ2n) is 6.29. The lowest BCUT2D eigenvalue weighted by atomic mass is 10.1. The van der Waals surface area contributed by atoms with E-state index < -0.39 is 0 Å². The Labute approximate surface area is 125 Å². The molecule has 0 spiro atoms. The molecule has 0 aromatic carbocycles. The molecule has 0 saturated heterocycles. The number of carbonyl (C=O) groups is 1. The molecule has 0 atom stereocenters. The summed E-state index contributed by atoms with van der Waals surface area (Å²) in [6, 6.07) is 0.545. The summed E-state index contributed by atoms with van der Waals surface area (Å²) in [5, 5.41) is 0. The van der Waals surface area contributed by atoms with E-state index in [4.69, 9.17) is 4.74 Å². The molecule has 0 N–H and O–H groups in total. The van der Waals surface area contributed by atoms with Crippen molar-refractivity contribution in [3.63, 3.8) is 0 Å². The van der Waals surface area contributed by atoms with Gasteiger partial charge in [0.15, 0.2) is 0 Å². The van der Waals surface area contributed by atoms with Crippen LogP contribution in [0.5, 0.6) is 0 Å². The van der Waals surface area contributed by atoms with Gasteiger partial charge in [0, 0.05) is 32.6 Å². The minimum absolute atomic E-state index is 0.230. The Morgan fingerprint density at radius 3 is 2.20 bits per heavy atom. The zero-order valence-corrected chi connectivity index (χ0v) is 14.3. The average molecular weight is 286 g/mol. The van der Waals surface area contributed by atoms with Gasteiger partial charge in [-0.1, -0.05) is 20.3 Å². The summed E-state index contributed by atoms with van der Waals surface area (Å²) < 4.78 is 5.58. The lowest BCUT2D eigenvalue weighted by molar-refractivity contribution is -0.130. The zero-order chi connectivity index (χ0) is 15.5. The van der Waals surface area contributed by atoms with E-state index in [1.54, 1.807) is 4.90 Å². The summed E-state index contributed by atoms with van der Waals surface area (Å²) in [4.78, 5) is 15.9. The number of nitrogens with zero attached hydrogens (tertiary/aromatic N) is 2. The smallest absolute Gasteiger partial charge is 0.222 e. The zero-order valence-electron chi connectivity index (χ0n) is 14.3. The van der Waals surface area contributed by atoms with Gasteiger partial charge in [0.1, 0.15) is 0 Å². The van der Waals surface area contributed by atoms with Crippen molar-refractivity contribution in [2.45, 2.75) is 53.0 Å². The molecular weight excluding hydrogens is 252 g/mol. The number of hydrogen-bond donors (Lipinski definition) is 0. The van der Waals surface area contributed by atoms with Crippen molar-refractivity contribution in [1.29, 1.82) is 0 Å². The maximum absolute atomic E-state index is 11.8. The molecule has 0 aromatic rings. The first kappa shape index (κ1) is 19.4. The third-order valence-electron chi connectivity index (χ3n) is 3.64.